The van der Waals surface area contributed by atoms with Gasteiger partial charge in [-0.25, -0.2) is 4.79 Å². The molecule has 2 aromatic rings. The Morgan fingerprint density at radius 3 is 2.36 bits per heavy atom. The van der Waals surface area contributed by atoms with E-state index in [1.807, 2.05) is 30.3 Å². The van der Waals surface area contributed by atoms with Crippen molar-refractivity contribution in [3.8, 4) is 0 Å². The number of nitrogens with one attached hydrogen (secondary N) is 1. The van der Waals surface area contributed by atoms with Gasteiger partial charge in [0, 0.05) is 12.5 Å². The van der Waals surface area contributed by atoms with Gasteiger partial charge in [0.15, 0.2) is 6.29 Å². The number of fused-ring (bicyclic) bond motifs is 1. The highest BCUT2D eigenvalue weighted by atomic mass is 16.7. The van der Waals surface area contributed by atoms with Crippen molar-refractivity contribution in [2.75, 3.05) is 13.2 Å². The molecule has 9 heteroatoms. The second kappa shape index (κ2) is 10.2. The van der Waals surface area contributed by atoms with E-state index < -0.39 is 48.3 Å². The highest BCUT2D eigenvalue weighted by Gasteiger charge is 2.71. The van der Waals surface area contributed by atoms with Crippen molar-refractivity contribution in [3.05, 3.63) is 71.8 Å². The third-order valence-corrected chi connectivity index (χ3v) is 6.21. The van der Waals surface area contributed by atoms with Crippen molar-refractivity contribution in [1.82, 2.24) is 5.32 Å². The van der Waals surface area contributed by atoms with E-state index >= 15 is 0 Å². The summed E-state index contributed by atoms with van der Waals surface area (Å²) >= 11 is 0. The van der Waals surface area contributed by atoms with Crippen LogP contribution >= 0.6 is 0 Å². The summed E-state index contributed by atoms with van der Waals surface area (Å²) < 4.78 is 16.2. The molecule has 7 atom stereocenters. The van der Waals surface area contributed by atoms with Crippen molar-refractivity contribution < 1.29 is 39.4 Å². The van der Waals surface area contributed by atoms with Gasteiger partial charge >= 0.3 is 6.09 Å². The maximum absolute atomic E-state index is 11.8. The average Bonchev–Trinajstić information content (AvgIpc) is 2.84. The maximum Gasteiger partial charge on any atom is 0.407 e. The summed E-state index contributed by atoms with van der Waals surface area (Å²) in [7, 11) is 0. The highest BCUT2D eigenvalue weighted by Crippen LogP contribution is 2.53. The van der Waals surface area contributed by atoms with Gasteiger partial charge < -0.3 is 40.0 Å². The van der Waals surface area contributed by atoms with E-state index in [9.17, 15) is 25.2 Å². The smallest absolute Gasteiger partial charge is 0.407 e. The molecule has 0 radical (unpaired) electrons. The lowest BCUT2D eigenvalue weighted by Crippen LogP contribution is -2.80. The number of aliphatic hydroxyl groups excluding tert-OH is 3. The van der Waals surface area contributed by atoms with Crippen molar-refractivity contribution >= 4 is 6.09 Å². The van der Waals surface area contributed by atoms with Crippen LogP contribution in [0.1, 0.15) is 23.5 Å². The van der Waals surface area contributed by atoms with Crippen LogP contribution in [0.15, 0.2) is 60.7 Å². The van der Waals surface area contributed by atoms with Gasteiger partial charge in [-0.3, -0.25) is 0 Å². The Hall–Kier alpha value is -2.53. The number of benzene rings is 2. The van der Waals surface area contributed by atoms with E-state index in [1.54, 1.807) is 30.3 Å². The predicted molar refractivity (Wildman–Crippen MR) is 116 cm³/mol. The molecule has 9 nitrogen and oxygen atoms in total. The molecule has 0 bridgehead atoms. The zero-order valence-corrected chi connectivity index (χ0v) is 18.0. The van der Waals surface area contributed by atoms with E-state index in [2.05, 4.69) is 5.32 Å². The molecule has 4 rings (SSSR count). The molecule has 3 unspecified atom stereocenters. The molecular formula is C24H29NO8. The van der Waals surface area contributed by atoms with Crippen molar-refractivity contribution in [3.63, 3.8) is 0 Å². The highest BCUT2D eigenvalue weighted by molar-refractivity contribution is 5.67. The van der Waals surface area contributed by atoms with Crippen LogP contribution in [0.25, 0.3) is 0 Å². The molecule has 1 saturated heterocycles. The first-order valence-electron chi connectivity index (χ1n) is 11.0. The fraction of sp³-hybridized carbons (Fsp3) is 0.458. The van der Waals surface area contributed by atoms with Crippen LogP contribution in [-0.4, -0.2) is 76.0 Å². The van der Waals surface area contributed by atoms with Crippen LogP contribution in [0.3, 0.4) is 0 Å². The lowest BCUT2D eigenvalue weighted by Gasteiger charge is -2.61. The van der Waals surface area contributed by atoms with E-state index in [1.165, 1.54) is 0 Å². The van der Waals surface area contributed by atoms with Crippen LogP contribution in [0.4, 0.5) is 4.79 Å². The molecule has 2 fully saturated rings. The summed E-state index contributed by atoms with van der Waals surface area (Å²) in [6, 6.07) is 18.1. The van der Waals surface area contributed by atoms with Gasteiger partial charge in [-0.1, -0.05) is 60.7 Å². The number of carbonyl (C=O) groups excluding carboxylic acids is 1. The number of rotatable bonds is 8. The molecule has 1 aliphatic heterocycles. The second-order valence-electron chi connectivity index (χ2n) is 8.34. The number of alkyl carbamates (subject to hydrolysis) is 1. The topological polar surface area (TPSA) is 138 Å². The van der Waals surface area contributed by atoms with Crippen LogP contribution in [0.5, 0.6) is 0 Å². The van der Waals surface area contributed by atoms with Crippen molar-refractivity contribution in [2.45, 2.75) is 55.3 Å². The van der Waals surface area contributed by atoms with Gasteiger partial charge in [-0.2, -0.15) is 0 Å². The quantitative estimate of drug-likeness (QED) is 0.363. The zero-order chi connectivity index (χ0) is 23.4. The molecule has 2 aromatic carbocycles. The SMILES string of the molecule is O=C(NCCCOC1O[C@@H]2C(O)C(c3ccccc3)[C@@]2(O)[C@H](O)[C@H]1O)OCc1ccccc1. The lowest BCUT2D eigenvalue weighted by atomic mass is 9.57. The molecule has 1 heterocycles. The molecule has 0 aromatic heterocycles. The molecule has 1 saturated carbocycles. The lowest BCUT2D eigenvalue weighted by molar-refractivity contribution is -0.387. The van der Waals surface area contributed by atoms with E-state index in [0.29, 0.717) is 12.0 Å². The third-order valence-electron chi connectivity index (χ3n) is 6.21. The molecule has 1 aliphatic carbocycles. The zero-order valence-electron chi connectivity index (χ0n) is 18.0. The van der Waals surface area contributed by atoms with Gasteiger partial charge in [-0.05, 0) is 17.5 Å². The molecule has 33 heavy (non-hydrogen) atoms. The van der Waals surface area contributed by atoms with Gasteiger partial charge in [0.05, 0.1) is 12.7 Å². The molecule has 0 spiro atoms. The minimum Gasteiger partial charge on any atom is -0.445 e. The minimum absolute atomic E-state index is 0.108. The van der Waals surface area contributed by atoms with E-state index in [0.717, 1.165) is 5.56 Å². The number of hydrogen-bond acceptors (Lipinski definition) is 8. The molecule has 178 valence electrons. The summed E-state index contributed by atoms with van der Waals surface area (Å²) in [5, 5.41) is 45.3. The summed E-state index contributed by atoms with van der Waals surface area (Å²) in [6.07, 6.45) is -6.62. The number of aliphatic hydroxyl groups is 4. The third kappa shape index (κ3) is 4.74. The van der Waals surface area contributed by atoms with Crippen LogP contribution in [-0.2, 0) is 20.8 Å². The Bertz CT molecular complexity index is 909. The molecular weight excluding hydrogens is 430 g/mol. The van der Waals surface area contributed by atoms with Crippen LogP contribution < -0.4 is 5.32 Å². The first kappa shape index (κ1) is 23.6. The minimum atomic E-state index is -1.83. The first-order chi connectivity index (χ1) is 15.9. The van der Waals surface area contributed by atoms with E-state index in [-0.39, 0.29) is 19.8 Å². The maximum atomic E-state index is 11.8. The molecule has 5 N–H and O–H groups in total. The monoisotopic (exact) mass is 459 g/mol. The first-order valence-corrected chi connectivity index (χ1v) is 11.0. The van der Waals surface area contributed by atoms with Gasteiger partial charge in [0.2, 0.25) is 0 Å². The van der Waals surface area contributed by atoms with Gasteiger partial charge in [-0.15, -0.1) is 0 Å². The van der Waals surface area contributed by atoms with E-state index in [4.69, 9.17) is 14.2 Å². The standard InChI is InChI=1S/C24H29NO8/c26-18-17(16-10-5-2-6-11-16)24(30)20(28)19(27)22(33-21(18)24)31-13-7-12-25-23(29)32-14-15-8-3-1-4-9-15/h1-6,8-11,17-22,26-28,30H,7,12-14H2,(H,25,29)/t17?,18?,19-,20-,21-,22?,24-/m1/s1. The molecule has 2 aliphatic rings. The number of amides is 1. The molecule has 1 amide bonds. The van der Waals surface area contributed by atoms with Crippen molar-refractivity contribution in [1.29, 1.82) is 0 Å². The predicted octanol–water partition coefficient (Wildman–Crippen LogP) is 0.656. The van der Waals surface area contributed by atoms with Gasteiger partial charge in [0.25, 0.3) is 0 Å². The van der Waals surface area contributed by atoms with Crippen LogP contribution in [0.2, 0.25) is 0 Å². The Morgan fingerprint density at radius 2 is 1.67 bits per heavy atom. The van der Waals surface area contributed by atoms with Gasteiger partial charge in [0.1, 0.15) is 30.5 Å². The van der Waals surface area contributed by atoms with Crippen LogP contribution in [0, 0.1) is 0 Å². The Labute approximate surface area is 191 Å². The average molecular weight is 459 g/mol. The Kier molecular flexibility index (Phi) is 7.28. The summed E-state index contributed by atoms with van der Waals surface area (Å²) in [5.74, 6) is -0.791. The summed E-state index contributed by atoms with van der Waals surface area (Å²) in [4.78, 5) is 11.8. The fourth-order valence-corrected chi connectivity index (χ4v) is 4.47. The number of ether oxygens (including phenoxy) is 3. The second-order valence-corrected chi connectivity index (χ2v) is 8.34. The largest absolute Gasteiger partial charge is 0.445 e. The Morgan fingerprint density at radius 1 is 1.00 bits per heavy atom. The Balaban J connectivity index is 1.21. The fourth-order valence-electron chi connectivity index (χ4n) is 4.47. The summed E-state index contributed by atoms with van der Waals surface area (Å²) in [5.41, 5.74) is -0.307. The summed E-state index contributed by atoms with van der Waals surface area (Å²) in [6.45, 7) is 0.543. The number of carbonyl (C=O) groups is 1. The van der Waals surface area contributed by atoms with Crippen molar-refractivity contribution in [2.24, 2.45) is 0 Å². The normalized spacial score (nSPS) is 33.0. The number of hydrogen-bond donors (Lipinski definition) is 5.